The second-order valence-corrected chi connectivity index (χ2v) is 6.43. The normalized spacial score (nSPS) is 10.3. The van der Waals surface area contributed by atoms with Gasteiger partial charge in [0, 0.05) is 33.2 Å². The summed E-state index contributed by atoms with van der Waals surface area (Å²) in [6, 6.07) is 3.82. The van der Waals surface area contributed by atoms with Crippen molar-refractivity contribution in [3.05, 3.63) is 24.2 Å². The molecule has 1 atom stereocenters. The van der Waals surface area contributed by atoms with Gasteiger partial charge >= 0.3 is 6.16 Å². The smallest absolute Gasteiger partial charge is 0.481 e. The molecular weight excluding hydrogens is 438 g/mol. The molecule has 0 aliphatic heterocycles. The third kappa shape index (κ3) is 15.5. The summed E-state index contributed by atoms with van der Waals surface area (Å²) in [6.07, 6.45) is 1.67. The zero-order valence-corrected chi connectivity index (χ0v) is 19.3. The summed E-state index contributed by atoms with van der Waals surface area (Å²) in [4.78, 5) is 33.3. The second-order valence-electron chi connectivity index (χ2n) is 6.43. The molecule has 0 saturated carbocycles. The van der Waals surface area contributed by atoms with Gasteiger partial charge in [0.05, 0.1) is 12.2 Å². The van der Waals surface area contributed by atoms with E-state index in [1.54, 1.807) is 25.5 Å². The quantitative estimate of drug-likeness (QED) is 0.500. The van der Waals surface area contributed by atoms with Crippen LogP contribution in [0.4, 0.5) is 10.6 Å². The average molecular weight is 469 g/mol. The Morgan fingerprint density at radius 3 is 2.21 bits per heavy atom. The number of carboxylic acids is 2. The first kappa shape index (κ1) is 31.3. The molecule has 2 heterocycles. The van der Waals surface area contributed by atoms with Crippen molar-refractivity contribution >= 4 is 29.4 Å². The number of methoxy groups -OCH3 is 1. The van der Waals surface area contributed by atoms with Gasteiger partial charge in [0.2, 0.25) is 0 Å². The molecule has 13 heteroatoms. The lowest BCUT2D eigenvalue weighted by Gasteiger charge is -2.16. The van der Waals surface area contributed by atoms with Crippen molar-refractivity contribution in [3.63, 3.8) is 0 Å². The van der Waals surface area contributed by atoms with Crippen molar-refractivity contribution in [2.45, 2.75) is 52.7 Å². The van der Waals surface area contributed by atoms with Gasteiger partial charge in [0.15, 0.2) is 5.82 Å². The van der Waals surface area contributed by atoms with Crippen LogP contribution in [0.1, 0.15) is 39.8 Å². The van der Waals surface area contributed by atoms with E-state index < -0.39 is 18.1 Å². The van der Waals surface area contributed by atoms with Gasteiger partial charge in [-0.15, -0.1) is 0 Å². The number of aromatic nitrogens is 3. The third-order valence-electron chi connectivity index (χ3n) is 3.33. The van der Waals surface area contributed by atoms with Crippen molar-refractivity contribution in [2.75, 3.05) is 19.5 Å². The summed E-state index contributed by atoms with van der Waals surface area (Å²) < 4.78 is 17.1. The topological polar surface area (TPSA) is 199 Å². The van der Waals surface area contributed by atoms with E-state index in [1.807, 2.05) is 12.1 Å². The van der Waals surface area contributed by atoms with Crippen LogP contribution < -0.4 is 5.73 Å². The molecule has 2 rings (SSSR count). The number of nitrogens with two attached hydrogens (primary N) is 1. The van der Waals surface area contributed by atoms with Crippen LogP contribution in [0.15, 0.2) is 18.5 Å². The number of nitrogen functional groups attached to an aromatic ring is 1. The number of carboxylic acid groups (broad SMARTS) is 2. The zero-order valence-electron chi connectivity index (χ0n) is 19.3. The largest absolute Gasteiger partial charge is 0.508 e. The Morgan fingerprint density at radius 1 is 1.18 bits per heavy atom. The number of nitriles is 1. The van der Waals surface area contributed by atoms with Crippen LogP contribution in [-0.2, 0) is 30.2 Å². The molecule has 1 unspecified atom stereocenters. The third-order valence-corrected chi connectivity index (χ3v) is 3.33. The number of hydrogen-bond acceptors (Lipinski definition) is 10. The molecule has 0 aliphatic rings. The maximum atomic E-state index is 11.4. The number of aryl methyl sites for hydroxylation is 1. The number of carbonyl (C=O) groups excluding carboxylic acids is 1. The number of anilines is 1. The summed E-state index contributed by atoms with van der Waals surface area (Å²) in [7, 11) is 1.58. The van der Waals surface area contributed by atoms with Gasteiger partial charge in [-0.25, -0.2) is 19.6 Å². The molecule has 0 amide bonds. The SMILES string of the molecule is C#N.CC(=O)O.CC(=O)O.COC(CCc1ccc2c(N)ncnn12)COC(=O)OC(C)C. The first-order chi connectivity index (χ1) is 15.5. The van der Waals surface area contributed by atoms with Crippen LogP contribution >= 0.6 is 0 Å². The summed E-state index contributed by atoms with van der Waals surface area (Å²) in [5.41, 5.74) is 7.56. The molecular formula is C20H31N5O8. The zero-order chi connectivity index (χ0) is 26.0. The second kappa shape index (κ2) is 17.7. The Bertz CT molecular complexity index is 862. The molecule has 2 aromatic heterocycles. The van der Waals surface area contributed by atoms with Crippen molar-refractivity contribution in [2.24, 2.45) is 0 Å². The van der Waals surface area contributed by atoms with Gasteiger partial charge in [-0.05, 0) is 38.8 Å². The highest BCUT2D eigenvalue weighted by Gasteiger charge is 2.15. The summed E-state index contributed by atoms with van der Waals surface area (Å²) in [5.74, 6) is -1.23. The fraction of sp³-hybridized carbons (Fsp3) is 0.500. The van der Waals surface area contributed by atoms with E-state index in [0.29, 0.717) is 18.7 Å². The first-order valence-electron chi connectivity index (χ1n) is 9.56. The van der Waals surface area contributed by atoms with Gasteiger partial charge in [0.1, 0.15) is 18.5 Å². The fourth-order valence-corrected chi connectivity index (χ4v) is 2.16. The van der Waals surface area contributed by atoms with Gasteiger partial charge < -0.3 is 30.2 Å². The Hall–Kier alpha value is -3.92. The molecule has 0 fully saturated rings. The monoisotopic (exact) mass is 469 g/mol. The number of fused-ring (bicyclic) bond motifs is 1. The van der Waals surface area contributed by atoms with Crippen LogP contribution in [0.2, 0.25) is 0 Å². The Kier molecular flexibility index (Phi) is 16.8. The molecule has 0 bridgehead atoms. The number of nitrogens with zero attached hydrogens (tertiary/aromatic N) is 4. The minimum atomic E-state index is -0.833. The number of rotatable bonds is 7. The van der Waals surface area contributed by atoms with Crippen LogP contribution in [0, 0.1) is 11.8 Å². The highest BCUT2D eigenvalue weighted by molar-refractivity contribution is 5.65. The van der Waals surface area contributed by atoms with Crippen molar-refractivity contribution < 1.29 is 38.8 Å². The number of carbonyl (C=O) groups is 3. The molecule has 0 aliphatic carbocycles. The average Bonchev–Trinajstić information content (AvgIpc) is 3.13. The summed E-state index contributed by atoms with van der Waals surface area (Å²) in [5, 5.41) is 25.5. The number of ether oxygens (including phenoxy) is 3. The van der Waals surface area contributed by atoms with Crippen LogP contribution in [-0.4, -0.2) is 68.8 Å². The summed E-state index contributed by atoms with van der Waals surface area (Å²) in [6.45, 7) is 9.34. The van der Waals surface area contributed by atoms with Gasteiger partial charge in [-0.1, -0.05) is 0 Å². The lowest BCUT2D eigenvalue weighted by atomic mass is 10.1. The lowest BCUT2D eigenvalue weighted by molar-refractivity contribution is -0.135. The van der Waals surface area contributed by atoms with E-state index in [-0.39, 0.29) is 18.8 Å². The minimum Gasteiger partial charge on any atom is -0.481 e. The Balaban J connectivity index is 0. The highest BCUT2D eigenvalue weighted by atomic mass is 16.7. The number of hydrogen-bond donors (Lipinski definition) is 3. The molecule has 0 saturated heterocycles. The van der Waals surface area contributed by atoms with E-state index >= 15 is 0 Å². The molecule has 2 aromatic rings. The van der Waals surface area contributed by atoms with Crippen LogP contribution in [0.5, 0.6) is 0 Å². The van der Waals surface area contributed by atoms with E-state index in [4.69, 9.17) is 45.0 Å². The molecule has 4 N–H and O–H groups in total. The van der Waals surface area contributed by atoms with Crippen molar-refractivity contribution in [1.29, 1.82) is 5.26 Å². The molecule has 0 spiro atoms. The van der Waals surface area contributed by atoms with Crippen molar-refractivity contribution in [1.82, 2.24) is 14.6 Å². The predicted octanol–water partition coefficient (Wildman–Crippen LogP) is 2.14. The van der Waals surface area contributed by atoms with Gasteiger partial charge in [0.25, 0.3) is 11.9 Å². The van der Waals surface area contributed by atoms with Gasteiger partial charge in [-0.3, -0.25) is 9.59 Å². The standard InChI is InChI=1S/C15H22N4O4.2C2H4O2.CHN/c1-10(2)23-15(20)22-8-12(21-3)6-4-11-5-7-13-14(16)17-9-18-19(11)13;2*1-2(3)4;1-2/h5,7,9-10,12H,4,6,8H2,1-3H3,(H2,16,17,18);2*1H3,(H,3,4);1H. The van der Waals surface area contributed by atoms with E-state index in [0.717, 1.165) is 25.1 Å². The van der Waals surface area contributed by atoms with Crippen LogP contribution in [0.25, 0.3) is 5.52 Å². The number of aliphatic carboxylic acids is 2. The van der Waals surface area contributed by atoms with E-state index in [1.165, 1.54) is 6.33 Å². The molecule has 0 aromatic carbocycles. The van der Waals surface area contributed by atoms with Crippen molar-refractivity contribution in [3.8, 4) is 6.57 Å². The molecule has 13 nitrogen and oxygen atoms in total. The Morgan fingerprint density at radius 2 is 1.73 bits per heavy atom. The minimum absolute atomic E-state index is 0.141. The lowest BCUT2D eigenvalue weighted by Crippen LogP contribution is -2.23. The first-order valence-corrected chi connectivity index (χ1v) is 9.56. The Labute approximate surface area is 191 Å². The van der Waals surface area contributed by atoms with E-state index in [9.17, 15) is 4.79 Å². The fourth-order valence-electron chi connectivity index (χ4n) is 2.16. The molecule has 184 valence electrons. The van der Waals surface area contributed by atoms with Gasteiger partial charge in [-0.2, -0.15) is 5.10 Å². The maximum absolute atomic E-state index is 11.4. The van der Waals surface area contributed by atoms with Crippen LogP contribution in [0.3, 0.4) is 0 Å². The molecule has 33 heavy (non-hydrogen) atoms. The highest BCUT2D eigenvalue weighted by Crippen LogP contribution is 2.15. The van der Waals surface area contributed by atoms with E-state index in [2.05, 4.69) is 16.7 Å². The summed E-state index contributed by atoms with van der Waals surface area (Å²) >= 11 is 0. The maximum Gasteiger partial charge on any atom is 0.508 e. The predicted molar refractivity (Wildman–Crippen MR) is 117 cm³/mol. The molecule has 0 radical (unpaired) electrons.